The van der Waals surface area contributed by atoms with E-state index in [-0.39, 0.29) is 0 Å². The summed E-state index contributed by atoms with van der Waals surface area (Å²) in [5.74, 6) is 1.02. The van der Waals surface area contributed by atoms with Crippen LogP contribution in [0.2, 0.25) is 0 Å². The smallest absolute Gasteiger partial charge is 0.232 e. The minimum Gasteiger partial charge on any atom is -0.340 e. The summed E-state index contributed by atoms with van der Waals surface area (Å²) < 4.78 is 5.44. The lowest BCUT2D eigenvalue weighted by atomic mass is 10.1. The lowest BCUT2D eigenvalue weighted by molar-refractivity contribution is 0.412. The van der Waals surface area contributed by atoms with E-state index in [1.807, 2.05) is 0 Å². The molecule has 2 aliphatic heterocycles. The molecule has 0 atom stereocenters. The van der Waals surface area contributed by atoms with Crippen molar-refractivity contribution in [3.63, 3.8) is 0 Å². The largest absolute Gasteiger partial charge is 0.340 e. The summed E-state index contributed by atoms with van der Waals surface area (Å²) in [5, 5.41) is 7.51. The van der Waals surface area contributed by atoms with Gasteiger partial charge >= 0.3 is 0 Å². The molecular formula is C10H15N3O. The first-order chi connectivity index (χ1) is 6.95. The van der Waals surface area contributed by atoms with E-state index in [0.29, 0.717) is 0 Å². The van der Waals surface area contributed by atoms with E-state index in [1.54, 1.807) is 0 Å². The minimum absolute atomic E-state index is 0.921. The third-order valence-corrected chi connectivity index (χ3v) is 3.08. The zero-order chi connectivity index (χ0) is 9.38. The second-order valence-corrected chi connectivity index (χ2v) is 4.03. The monoisotopic (exact) mass is 193 g/mol. The molecule has 0 bridgehead atoms. The maximum atomic E-state index is 5.44. The van der Waals surface area contributed by atoms with Crippen LogP contribution in [0, 0.1) is 0 Å². The fourth-order valence-electron chi connectivity index (χ4n) is 2.30. The Balaban J connectivity index is 1.93. The van der Waals surface area contributed by atoms with Gasteiger partial charge in [0.1, 0.15) is 0 Å². The molecule has 3 heterocycles. The molecule has 1 aromatic heterocycles. The quantitative estimate of drug-likeness (QED) is 0.720. The summed E-state index contributed by atoms with van der Waals surface area (Å²) >= 11 is 0. The fraction of sp³-hybridized carbons (Fsp3) is 0.700. The standard InChI is InChI=1S/C10H15N3O/c1-2-6-13(5-1)10-8-7-11-4-3-9(8)12-14-10/h11H,1-7H2. The van der Waals surface area contributed by atoms with Crippen LogP contribution in [0.1, 0.15) is 24.1 Å². The van der Waals surface area contributed by atoms with Crippen LogP contribution in [0.15, 0.2) is 4.52 Å². The van der Waals surface area contributed by atoms with Gasteiger partial charge in [-0.2, -0.15) is 0 Å². The van der Waals surface area contributed by atoms with Crippen molar-refractivity contribution in [1.29, 1.82) is 0 Å². The van der Waals surface area contributed by atoms with Crippen molar-refractivity contribution in [3.05, 3.63) is 11.3 Å². The van der Waals surface area contributed by atoms with Crippen molar-refractivity contribution in [2.24, 2.45) is 0 Å². The average Bonchev–Trinajstić information content (AvgIpc) is 2.85. The van der Waals surface area contributed by atoms with Gasteiger partial charge in [0.15, 0.2) is 0 Å². The van der Waals surface area contributed by atoms with E-state index in [1.165, 1.54) is 18.4 Å². The molecule has 0 radical (unpaired) electrons. The SMILES string of the molecule is C1CCN(c2onc3c2CNCC3)C1. The van der Waals surface area contributed by atoms with Gasteiger partial charge in [0.05, 0.1) is 11.3 Å². The van der Waals surface area contributed by atoms with Gasteiger partial charge in [0, 0.05) is 32.6 Å². The molecule has 76 valence electrons. The zero-order valence-corrected chi connectivity index (χ0v) is 8.25. The molecule has 1 saturated heterocycles. The maximum Gasteiger partial charge on any atom is 0.232 e. The summed E-state index contributed by atoms with van der Waals surface area (Å²) in [7, 11) is 0. The Kier molecular flexibility index (Phi) is 1.94. The van der Waals surface area contributed by atoms with Gasteiger partial charge in [-0.15, -0.1) is 0 Å². The predicted octanol–water partition coefficient (Wildman–Crippen LogP) is 0.920. The summed E-state index contributed by atoms with van der Waals surface area (Å²) in [5.41, 5.74) is 2.45. The summed E-state index contributed by atoms with van der Waals surface area (Å²) in [4.78, 5) is 2.32. The van der Waals surface area contributed by atoms with E-state index in [2.05, 4.69) is 15.4 Å². The number of fused-ring (bicyclic) bond motifs is 1. The molecule has 1 N–H and O–H groups in total. The molecule has 0 spiro atoms. The normalized spacial score (nSPS) is 21.3. The van der Waals surface area contributed by atoms with Crippen LogP contribution in [-0.2, 0) is 13.0 Å². The van der Waals surface area contributed by atoms with Gasteiger partial charge in [0.25, 0.3) is 0 Å². The highest BCUT2D eigenvalue weighted by molar-refractivity contribution is 5.47. The first kappa shape index (κ1) is 8.29. The van der Waals surface area contributed by atoms with Crippen LogP contribution in [0.3, 0.4) is 0 Å². The van der Waals surface area contributed by atoms with E-state index in [0.717, 1.165) is 44.2 Å². The molecule has 0 aliphatic carbocycles. The first-order valence-corrected chi connectivity index (χ1v) is 5.38. The molecule has 2 aliphatic rings. The average molecular weight is 193 g/mol. The van der Waals surface area contributed by atoms with Crippen molar-refractivity contribution in [1.82, 2.24) is 10.5 Å². The third-order valence-electron chi connectivity index (χ3n) is 3.08. The number of anilines is 1. The molecule has 4 nitrogen and oxygen atoms in total. The van der Waals surface area contributed by atoms with Crippen LogP contribution in [0.5, 0.6) is 0 Å². The fourth-order valence-corrected chi connectivity index (χ4v) is 2.30. The summed E-state index contributed by atoms with van der Waals surface area (Å²) in [6.07, 6.45) is 3.57. The van der Waals surface area contributed by atoms with Crippen LogP contribution in [0.25, 0.3) is 0 Å². The Labute approximate surface area is 83.2 Å². The van der Waals surface area contributed by atoms with Crippen molar-refractivity contribution >= 4 is 5.88 Å². The van der Waals surface area contributed by atoms with Gasteiger partial charge in [-0.3, -0.25) is 0 Å². The lowest BCUT2D eigenvalue weighted by Gasteiger charge is -2.17. The Morgan fingerprint density at radius 2 is 2.14 bits per heavy atom. The van der Waals surface area contributed by atoms with Crippen molar-refractivity contribution in [3.8, 4) is 0 Å². The molecule has 0 unspecified atom stereocenters. The Hall–Kier alpha value is -1.03. The third kappa shape index (κ3) is 1.21. The van der Waals surface area contributed by atoms with Gasteiger partial charge in [0.2, 0.25) is 5.88 Å². The highest BCUT2D eigenvalue weighted by Crippen LogP contribution is 2.28. The molecule has 0 saturated carbocycles. The molecule has 1 fully saturated rings. The van der Waals surface area contributed by atoms with Gasteiger partial charge < -0.3 is 14.7 Å². The van der Waals surface area contributed by atoms with Crippen LogP contribution < -0.4 is 10.2 Å². The zero-order valence-electron chi connectivity index (χ0n) is 8.25. The number of nitrogens with one attached hydrogen (secondary N) is 1. The lowest BCUT2D eigenvalue weighted by Crippen LogP contribution is -2.26. The van der Waals surface area contributed by atoms with Gasteiger partial charge in [-0.1, -0.05) is 5.16 Å². The van der Waals surface area contributed by atoms with Crippen LogP contribution in [-0.4, -0.2) is 24.8 Å². The topological polar surface area (TPSA) is 41.3 Å². The predicted molar refractivity (Wildman–Crippen MR) is 53.4 cm³/mol. The highest BCUT2D eigenvalue weighted by Gasteiger charge is 2.24. The number of aromatic nitrogens is 1. The van der Waals surface area contributed by atoms with E-state index in [9.17, 15) is 0 Å². The highest BCUT2D eigenvalue weighted by atomic mass is 16.5. The number of hydrogen-bond acceptors (Lipinski definition) is 4. The molecule has 1 aromatic rings. The first-order valence-electron chi connectivity index (χ1n) is 5.38. The van der Waals surface area contributed by atoms with Crippen LogP contribution in [0.4, 0.5) is 5.88 Å². The number of rotatable bonds is 1. The van der Waals surface area contributed by atoms with Gasteiger partial charge in [-0.25, -0.2) is 0 Å². The van der Waals surface area contributed by atoms with E-state index < -0.39 is 0 Å². The summed E-state index contributed by atoms with van der Waals surface area (Å²) in [6.45, 7) is 4.20. The molecule has 14 heavy (non-hydrogen) atoms. The number of nitrogens with zero attached hydrogens (tertiary/aromatic N) is 2. The second-order valence-electron chi connectivity index (χ2n) is 4.03. The second kappa shape index (κ2) is 3.28. The molecule has 0 aromatic carbocycles. The number of hydrogen-bond donors (Lipinski definition) is 1. The minimum atomic E-state index is 0.921. The Morgan fingerprint density at radius 1 is 1.29 bits per heavy atom. The Morgan fingerprint density at radius 3 is 3.00 bits per heavy atom. The van der Waals surface area contributed by atoms with Crippen LogP contribution >= 0.6 is 0 Å². The maximum absolute atomic E-state index is 5.44. The van der Waals surface area contributed by atoms with E-state index in [4.69, 9.17) is 4.52 Å². The molecular weight excluding hydrogens is 178 g/mol. The van der Waals surface area contributed by atoms with E-state index >= 15 is 0 Å². The molecule has 3 rings (SSSR count). The van der Waals surface area contributed by atoms with Crippen molar-refractivity contribution in [2.75, 3.05) is 24.5 Å². The Bertz CT molecular complexity index is 328. The molecule has 0 amide bonds. The molecule has 4 heteroatoms. The van der Waals surface area contributed by atoms with Crippen molar-refractivity contribution < 1.29 is 4.52 Å². The van der Waals surface area contributed by atoms with Crippen molar-refractivity contribution in [2.45, 2.75) is 25.8 Å². The summed E-state index contributed by atoms with van der Waals surface area (Å²) in [6, 6.07) is 0. The van der Waals surface area contributed by atoms with Gasteiger partial charge in [-0.05, 0) is 12.8 Å².